The molecule has 0 aromatic heterocycles. The van der Waals surface area contributed by atoms with Gasteiger partial charge in [0.1, 0.15) is 36.5 Å². The highest BCUT2D eigenvalue weighted by atomic mass is 35.5. The number of benzene rings is 2. The van der Waals surface area contributed by atoms with Gasteiger partial charge in [-0.3, -0.25) is 9.89 Å². The van der Waals surface area contributed by atoms with Crippen LogP contribution in [0, 0.1) is 0 Å². The van der Waals surface area contributed by atoms with Crippen LogP contribution in [0.15, 0.2) is 29.3 Å². The van der Waals surface area contributed by atoms with E-state index >= 15 is 0 Å². The molecule has 198 valence electrons. The molecule has 10 heteroatoms. The molecular formula is C27H33ClN4O5. The number of likely N-dealkylation sites (N-methyl/N-ethyl adjacent to an activating group) is 1. The smallest absolute Gasteiger partial charge is 0.231 e. The predicted molar refractivity (Wildman–Crippen MR) is 143 cm³/mol. The Balaban J connectivity index is 1.35. The average molecular weight is 531 g/mol. The number of halogens is 1. The zero-order valence-corrected chi connectivity index (χ0v) is 21.7. The summed E-state index contributed by atoms with van der Waals surface area (Å²) >= 11 is 6.69. The summed E-state index contributed by atoms with van der Waals surface area (Å²) in [4.78, 5) is 10.9. The second-order valence-electron chi connectivity index (χ2n) is 9.62. The molecule has 0 N–H and O–H groups in total. The van der Waals surface area contributed by atoms with Crippen molar-refractivity contribution in [3.63, 3.8) is 0 Å². The van der Waals surface area contributed by atoms with E-state index in [1.807, 2.05) is 11.0 Å². The molecule has 4 heterocycles. The van der Waals surface area contributed by atoms with Crippen LogP contribution in [0.5, 0.6) is 23.0 Å². The Morgan fingerprint density at radius 1 is 1.14 bits per heavy atom. The molecule has 9 nitrogen and oxygen atoms in total. The minimum Gasteiger partial charge on any atom is -0.492 e. The lowest BCUT2D eigenvalue weighted by molar-refractivity contribution is 0.0254. The molecular weight excluding hydrogens is 496 g/mol. The highest BCUT2D eigenvalue weighted by Crippen LogP contribution is 2.50. The number of hydrogen-bond donors (Lipinski definition) is 0. The van der Waals surface area contributed by atoms with Crippen molar-refractivity contribution in [1.82, 2.24) is 9.80 Å². The van der Waals surface area contributed by atoms with E-state index in [2.05, 4.69) is 21.8 Å². The Morgan fingerprint density at radius 2 is 1.97 bits per heavy atom. The van der Waals surface area contributed by atoms with Crippen LogP contribution in [0.2, 0.25) is 5.02 Å². The fraction of sp³-hybridized carbons (Fsp3) is 0.519. The van der Waals surface area contributed by atoms with E-state index in [4.69, 9.17) is 38.0 Å². The molecule has 37 heavy (non-hydrogen) atoms. The summed E-state index contributed by atoms with van der Waals surface area (Å²) in [6.07, 6.45) is 3.31. The number of aliphatic imine (C=N–C) groups is 1. The van der Waals surface area contributed by atoms with Crippen LogP contribution >= 0.6 is 11.6 Å². The minimum atomic E-state index is -1.91. The van der Waals surface area contributed by atoms with Crippen LogP contribution in [-0.2, 0) is 4.74 Å². The third-order valence-electron chi connectivity index (χ3n) is 7.10. The molecule has 0 spiro atoms. The third kappa shape index (κ3) is 5.31. The fourth-order valence-corrected chi connectivity index (χ4v) is 5.20. The standard InChI is InChI=1S/C27H33ClN4O5/c1-30-6-8-31(9-7-30)10-13-34-20-14-23-21(25(15-20)37-19-4-11-33-12-5-19)16-29-17-32(23)26-22(28)2-3-24-27(26)36-18-35-24/h2-3,14-16,19H,4-13,17-18H2,1H3/i13D2. The first kappa shape index (κ1) is 22.3. The van der Waals surface area contributed by atoms with Crippen molar-refractivity contribution in [2.45, 2.75) is 18.9 Å². The molecule has 2 fully saturated rings. The molecule has 2 aromatic carbocycles. The van der Waals surface area contributed by atoms with E-state index in [0.29, 0.717) is 53.6 Å². The van der Waals surface area contributed by atoms with Gasteiger partial charge in [0.2, 0.25) is 6.79 Å². The maximum absolute atomic E-state index is 8.70. The SMILES string of the molecule is [2H]C([2H])(CN1CCN(C)CC1)Oc1cc(OC2CCOCC2)c2c(c1)N(c1c(Cl)ccc3c1OCO3)CN=C2. The number of hydrogen-bond acceptors (Lipinski definition) is 9. The Labute approximate surface area is 225 Å². The van der Waals surface area contributed by atoms with Gasteiger partial charge in [0.05, 0.1) is 32.2 Å². The summed E-state index contributed by atoms with van der Waals surface area (Å²) in [5.74, 6) is 2.12. The van der Waals surface area contributed by atoms with Crippen LogP contribution in [0.4, 0.5) is 11.4 Å². The van der Waals surface area contributed by atoms with E-state index < -0.39 is 6.56 Å². The number of fused-ring (bicyclic) bond motifs is 2. The lowest BCUT2D eigenvalue weighted by atomic mass is 10.1. The quantitative estimate of drug-likeness (QED) is 0.536. The predicted octanol–water partition coefficient (Wildman–Crippen LogP) is 3.78. The maximum Gasteiger partial charge on any atom is 0.231 e. The number of rotatable bonds is 7. The van der Waals surface area contributed by atoms with Crippen molar-refractivity contribution in [3.8, 4) is 23.0 Å². The van der Waals surface area contributed by atoms with Gasteiger partial charge in [-0.25, -0.2) is 0 Å². The summed E-state index contributed by atoms with van der Waals surface area (Å²) in [6.45, 7) is 3.34. The van der Waals surface area contributed by atoms with Gasteiger partial charge in [0.25, 0.3) is 0 Å². The molecule has 4 aliphatic rings. The van der Waals surface area contributed by atoms with Crippen LogP contribution < -0.4 is 23.8 Å². The van der Waals surface area contributed by atoms with E-state index in [1.54, 1.807) is 24.4 Å². The molecule has 0 bridgehead atoms. The minimum absolute atomic E-state index is 0.0229. The topological polar surface area (TPSA) is 68.2 Å². The molecule has 0 radical (unpaired) electrons. The number of piperazine rings is 1. The Kier molecular flexibility index (Phi) is 6.59. The number of ether oxygens (including phenoxy) is 5. The van der Waals surface area contributed by atoms with Gasteiger partial charge in [-0.15, -0.1) is 0 Å². The molecule has 6 rings (SSSR count). The van der Waals surface area contributed by atoms with Crippen LogP contribution in [0.1, 0.15) is 21.1 Å². The largest absolute Gasteiger partial charge is 0.492 e. The second kappa shape index (κ2) is 10.9. The summed E-state index contributed by atoms with van der Waals surface area (Å²) in [6, 6.07) is 7.15. The van der Waals surface area contributed by atoms with Crippen LogP contribution in [0.25, 0.3) is 0 Å². The van der Waals surface area contributed by atoms with Gasteiger partial charge < -0.3 is 33.5 Å². The van der Waals surface area contributed by atoms with Crippen LogP contribution in [0.3, 0.4) is 0 Å². The van der Waals surface area contributed by atoms with Gasteiger partial charge in [-0.1, -0.05) is 11.6 Å². The second-order valence-corrected chi connectivity index (χ2v) is 10.0. The highest BCUT2D eigenvalue weighted by molar-refractivity contribution is 6.34. The monoisotopic (exact) mass is 530 g/mol. The van der Waals surface area contributed by atoms with Crippen molar-refractivity contribution in [1.29, 1.82) is 0 Å². The van der Waals surface area contributed by atoms with Crippen molar-refractivity contribution < 1.29 is 26.4 Å². The summed E-state index contributed by atoms with van der Waals surface area (Å²) < 4.78 is 46.8. The third-order valence-corrected chi connectivity index (χ3v) is 7.40. The lowest BCUT2D eigenvalue weighted by Gasteiger charge is -2.33. The first-order chi connectivity index (χ1) is 18.9. The Bertz CT molecular complexity index is 1240. The Hall–Kier alpha value is -2.72. The summed E-state index contributed by atoms with van der Waals surface area (Å²) in [5.41, 5.74) is 2.15. The zero-order valence-electron chi connectivity index (χ0n) is 23.0. The molecule has 0 amide bonds. The fourth-order valence-electron chi connectivity index (χ4n) is 4.95. The molecule has 2 aromatic rings. The van der Waals surface area contributed by atoms with Crippen molar-refractivity contribution in [2.75, 3.05) is 77.9 Å². The van der Waals surface area contributed by atoms with Gasteiger partial charge in [0, 0.05) is 63.9 Å². The first-order valence-electron chi connectivity index (χ1n) is 13.7. The molecule has 2 saturated heterocycles. The first-order valence-corrected chi connectivity index (χ1v) is 13.1. The zero-order chi connectivity index (χ0) is 27.0. The number of nitrogens with zero attached hydrogens (tertiary/aromatic N) is 4. The normalized spacial score (nSPS) is 21.4. The highest BCUT2D eigenvalue weighted by Gasteiger charge is 2.30. The average Bonchev–Trinajstić information content (AvgIpc) is 3.39. The van der Waals surface area contributed by atoms with E-state index in [9.17, 15) is 0 Å². The Morgan fingerprint density at radius 3 is 2.81 bits per heavy atom. The maximum atomic E-state index is 8.70. The van der Waals surface area contributed by atoms with Crippen molar-refractivity contribution >= 4 is 29.2 Å². The molecule has 0 unspecified atom stereocenters. The van der Waals surface area contributed by atoms with E-state index in [1.165, 1.54) is 0 Å². The lowest BCUT2D eigenvalue weighted by Crippen LogP contribution is -2.45. The van der Waals surface area contributed by atoms with Crippen molar-refractivity contribution in [3.05, 3.63) is 34.9 Å². The van der Waals surface area contributed by atoms with Crippen LogP contribution in [-0.4, -0.2) is 95.1 Å². The van der Waals surface area contributed by atoms with Gasteiger partial charge in [-0.05, 0) is 19.2 Å². The molecule has 0 aliphatic carbocycles. The van der Waals surface area contributed by atoms with Gasteiger partial charge in [0.15, 0.2) is 11.5 Å². The van der Waals surface area contributed by atoms with Gasteiger partial charge >= 0.3 is 0 Å². The van der Waals surface area contributed by atoms with E-state index in [0.717, 1.165) is 50.3 Å². The molecule has 0 saturated carbocycles. The molecule has 0 atom stereocenters. The molecule has 4 aliphatic heterocycles. The number of anilines is 2. The van der Waals surface area contributed by atoms with E-state index in [-0.39, 0.29) is 19.4 Å². The van der Waals surface area contributed by atoms with Gasteiger partial charge in [-0.2, -0.15) is 0 Å². The summed E-state index contributed by atoms with van der Waals surface area (Å²) in [7, 11) is 2.08. The summed E-state index contributed by atoms with van der Waals surface area (Å²) in [5, 5.41) is 0.492. The van der Waals surface area contributed by atoms with Crippen molar-refractivity contribution in [2.24, 2.45) is 4.99 Å².